The Bertz CT molecular complexity index is 403. The Balaban J connectivity index is 1.86. The molecule has 0 heterocycles. The first kappa shape index (κ1) is 12.1. The van der Waals surface area contributed by atoms with Gasteiger partial charge in [-0.1, -0.05) is 43.3 Å². The molecule has 0 spiro atoms. The molecule has 0 N–H and O–H groups in total. The van der Waals surface area contributed by atoms with Crippen molar-refractivity contribution < 1.29 is 4.79 Å². The normalized spacial score (nSPS) is 19.8. The van der Waals surface area contributed by atoms with Gasteiger partial charge in [0.25, 0.3) is 0 Å². The molecule has 1 unspecified atom stereocenters. The molecule has 0 bridgehead atoms. The highest BCUT2D eigenvalue weighted by molar-refractivity contribution is 5.95. The van der Waals surface area contributed by atoms with Crippen LogP contribution in [0, 0.1) is 5.92 Å². The molecule has 90 valence electrons. The van der Waals surface area contributed by atoms with Crippen LogP contribution in [0.5, 0.6) is 0 Å². The molecule has 1 aromatic carbocycles. The first-order chi connectivity index (χ1) is 8.25. The molecule has 0 fully saturated rings. The van der Waals surface area contributed by atoms with Crippen LogP contribution in [0.4, 0.5) is 0 Å². The molecule has 1 aliphatic carbocycles. The number of hydrogen-bond donors (Lipinski definition) is 0. The summed E-state index contributed by atoms with van der Waals surface area (Å²) in [4.78, 5) is 12.0. The molecule has 1 aliphatic rings. The number of ketones is 1. The Morgan fingerprint density at radius 2 is 2.06 bits per heavy atom. The number of aryl methyl sites for hydroxylation is 1. The quantitative estimate of drug-likeness (QED) is 0.763. The van der Waals surface area contributed by atoms with Crippen LogP contribution in [0.3, 0.4) is 0 Å². The van der Waals surface area contributed by atoms with Gasteiger partial charge in [-0.2, -0.15) is 0 Å². The zero-order valence-electron chi connectivity index (χ0n) is 10.5. The van der Waals surface area contributed by atoms with Crippen molar-refractivity contribution in [1.29, 1.82) is 0 Å². The van der Waals surface area contributed by atoms with Crippen molar-refractivity contribution in [1.82, 2.24) is 0 Å². The highest BCUT2D eigenvalue weighted by atomic mass is 16.1. The fourth-order valence-corrected chi connectivity index (χ4v) is 2.28. The second kappa shape index (κ2) is 5.81. The van der Waals surface area contributed by atoms with Crippen LogP contribution in [-0.2, 0) is 11.2 Å². The van der Waals surface area contributed by atoms with E-state index in [1.54, 1.807) is 0 Å². The van der Waals surface area contributed by atoms with Crippen LogP contribution in [0.2, 0.25) is 0 Å². The van der Waals surface area contributed by atoms with Gasteiger partial charge in [-0.15, -0.1) is 0 Å². The van der Waals surface area contributed by atoms with Crippen LogP contribution in [-0.4, -0.2) is 5.78 Å². The maximum atomic E-state index is 12.0. The van der Waals surface area contributed by atoms with E-state index in [0.717, 1.165) is 30.8 Å². The van der Waals surface area contributed by atoms with Gasteiger partial charge in [0.1, 0.15) is 0 Å². The molecule has 0 amide bonds. The largest absolute Gasteiger partial charge is 0.295 e. The number of allylic oxidation sites excluding steroid dienone is 2. The third kappa shape index (κ3) is 3.55. The van der Waals surface area contributed by atoms with Crippen molar-refractivity contribution >= 4 is 5.78 Å². The average molecular weight is 228 g/mol. The Morgan fingerprint density at radius 3 is 2.71 bits per heavy atom. The van der Waals surface area contributed by atoms with E-state index < -0.39 is 0 Å². The predicted molar refractivity (Wildman–Crippen MR) is 70.9 cm³/mol. The van der Waals surface area contributed by atoms with Gasteiger partial charge in [0, 0.05) is 6.42 Å². The summed E-state index contributed by atoms with van der Waals surface area (Å²) in [5.74, 6) is 1.10. The summed E-state index contributed by atoms with van der Waals surface area (Å²) in [5, 5.41) is 0. The summed E-state index contributed by atoms with van der Waals surface area (Å²) in [5.41, 5.74) is 2.32. The van der Waals surface area contributed by atoms with E-state index in [9.17, 15) is 4.79 Å². The molecule has 0 radical (unpaired) electrons. The molecule has 0 saturated carbocycles. The minimum absolute atomic E-state index is 0.348. The van der Waals surface area contributed by atoms with E-state index in [1.165, 1.54) is 12.0 Å². The van der Waals surface area contributed by atoms with E-state index in [2.05, 4.69) is 25.1 Å². The zero-order chi connectivity index (χ0) is 12.1. The number of benzene rings is 1. The number of Topliss-reactive ketones (excluding diaryl/α,β-unsaturated/α-hetero) is 1. The SMILES string of the molecule is CC1CC=C(C(=O)CCc2ccccc2)CC1. The number of hydrogen-bond acceptors (Lipinski definition) is 1. The first-order valence-corrected chi connectivity index (χ1v) is 6.52. The maximum Gasteiger partial charge on any atom is 0.158 e. The van der Waals surface area contributed by atoms with Gasteiger partial charge in [-0.25, -0.2) is 0 Å². The topological polar surface area (TPSA) is 17.1 Å². The summed E-state index contributed by atoms with van der Waals surface area (Å²) < 4.78 is 0. The molecular formula is C16H20O. The monoisotopic (exact) mass is 228 g/mol. The third-order valence-corrected chi connectivity index (χ3v) is 3.51. The van der Waals surface area contributed by atoms with Crippen LogP contribution in [0.1, 0.15) is 38.2 Å². The fraction of sp³-hybridized carbons (Fsp3) is 0.438. The predicted octanol–water partition coefficient (Wildman–Crippen LogP) is 3.93. The van der Waals surface area contributed by atoms with Gasteiger partial charge in [-0.3, -0.25) is 4.79 Å². The molecule has 17 heavy (non-hydrogen) atoms. The Labute approximate surface area is 104 Å². The van der Waals surface area contributed by atoms with Gasteiger partial charge in [-0.05, 0) is 42.7 Å². The zero-order valence-corrected chi connectivity index (χ0v) is 10.5. The van der Waals surface area contributed by atoms with Crippen molar-refractivity contribution in [2.24, 2.45) is 5.92 Å². The van der Waals surface area contributed by atoms with Crippen molar-refractivity contribution in [2.75, 3.05) is 0 Å². The van der Waals surface area contributed by atoms with Gasteiger partial charge < -0.3 is 0 Å². The summed E-state index contributed by atoms with van der Waals surface area (Å²) in [6, 6.07) is 10.2. The van der Waals surface area contributed by atoms with E-state index in [1.807, 2.05) is 18.2 Å². The third-order valence-electron chi connectivity index (χ3n) is 3.51. The summed E-state index contributed by atoms with van der Waals surface area (Å²) >= 11 is 0. The van der Waals surface area contributed by atoms with Crippen LogP contribution in [0.25, 0.3) is 0 Å². The minimum Gasteiger partial charge on any atom is -0.295 e. The molecule has 1 atom stereocenters. The standard InChI is InChI=1S/C16H20O/c1-13-7-10-15(11-8-13)16(17)12-9-14-5-3-2-4-6-14/h2-6,10,13H,7-9,11-12H2,1H3. The first-order valence-electron chi connectivity index (χ1n) is 6.52. The highest BCUT2D eigenvalue weighted by Crippen LogP contribution is 2.24. The second-order valence-electron chi connectivity index (χ2n) is 5.02. The molecule has 0 aromatic heterocycles. The molecule has 2 rings (SSSR count). The lowest BCUT2D eigenvalue weighted by atomic mass is 9.88. The Kier molecular flexibility index (Phi) is 4.13. The molecule has 0 aliphatic heterocycles. The Morgan fingerprint density at radius 1 is 1.29 bits per heavy atom. The van der Waals surface area contributed by atoms with Crippen molar-refractivity contribution in [2.45, 2.75) is 39.0 Å². The van der Waals surface area contributed by atoms with Crippen LogP contribution < -0.4 is 0 Å². The minimum atomic E-state index is 0.348. The fourth-order valence-electron chi connectivity index (χ4n) is 2.28. The second-order valence-corrected chi connectivity index (χ2v) is 5.02. The van der Waals surface area contributed by atoms with Crippen LogP contribution in [0.15, 0.2) is 42.0 Å². The molecule has 0 saturated heterocycles. The van der Waals surface area contributed by atoms with E-state index in [4.69, 9.17) is 0 Å². The molecule has 1 heteroatoms. The summed E-state index contributed by atoms with van der Waals surface area (Å²) in [7, 11) is 0. The van der Waals surface area contributed by atoms with Crippen molar-refractivity contribution in [3.63, 3.8) is 0 Å². The van der Waals surface area contributed by atoms with E-state index in [-0.39, 0.29) is 0 Å². The lowest BCUT2D eigenvalue weighted by molar-refractivity contribution is -0.115. The van der Waals surface area contributed by atoms with Gasteiger partial charge in [0.05, 0.1) is 0 Å². The number of carbonyl (C=O) groups is 1. The van der Waals surface area contributed by atoms with Crippen LogP contribution >= 0.6 is 0 Å². The average Bonchev–Trinajstić information content (AvgIpc) is 2.38. The summed E-state index contributed by atoms with van der Waals surface area (Å²) in [6.45, 7) is 2.25. The smallest absolute Gasteiger partial charge is 0.158 e. The molecular weight excluding hydrogens is 208 g/mol. The van der Waals surface area contributed by atoms with Crippen molar-refractivity contribution in [3.05, 3.63) is 47.5 Å². The lowest BCUT2D eigenvalue weighted by Crippen LogP contribution is -2.10. The molecule has 1 aromatic rings. The maximum absolute atomic E-state index is 12.0. The molecule has 1 nitrogen and oxygen atoms in total. The number of carbonyl (C=O) groups excluding carboxylic acids is 1. The Hall–Kier alpha value is -1.37. The van der Waals surface area contributed by atoms with Gasteiger partial charge >= 0.3 is 0 Å². The van der Waals surface area contributed by atoms with E-state index in [0.29, 0.717) is 12.2 Å². The van der Waals surface area contributed by atoms with Gasteiger partial charge in [0.15, 0.2) is 5.78 Å². The summed E-state index contributed by atoms with van der Waals surface area (Å²) in [6.07, 6.45) is 6.91. The van der Waals surface area contributed by atoms with E-state index >= 15 is 0 Å². The van der Waals surface area contributed by atoms with Crippen molar-refractivity contribution in [3.8, 4) is 0 Å². The highest BCUT2D eigenvalue weighted by Gasteiger charge is 2.15. The lowest BCUT2D eigenvalue weighted by Gasteiger charge is -2.17. The van der Waals surface area contributed by atoms with Gasteiger partial charge in [0.2, 0.25) is 0 Å². The number of rotatable bonds is 4.